The molecule has 3 aromatic heterocycles. The van der Waals surface area contributed by atoms with Crippen molar-refractivity contribution in [2.24, 2.45) is 0 Å². The summed E-state index contributed by atoms with van der Waals surface area (Å²) in [5.74, 6) is -0.213. The number of nitrogens with one attached hydrogen (secondary N) is 1. The normalized spacial score (nSPS) is 11.0. The molecule has 124 valence electrons. The number of amides is 1. The fourth-order valence-electron chi connectivity index (χ4n) is 2.86. The Morgan fingerprint density at radius 3 is 2.75 bits per heavy atom. The zero-order chi connectivity index (χ0) is 17.4. The Morgan fingerprint density at radius 1 is 1.33 bits per heavy atom. The molecule has 0 aliphatic rings. The molecule has 3 rings (SSSR count). The monoisotopic (exact) mass is 323 g/mol. The van der Waals surface area contributed by atoms with E-state index < -0.39 is 0 Å². The summed E-state index contributed by atoms with van der Waals surface area (Å²) < 4.78 is 0. The van der Waals surface area contributed by atoms with E-state index in [1.807, 2.05) is 6.07 Å². The predicted molar refractivity (Wildman–Crippen MR) is 95.9 cm³/mol. The second-order valence-electron chi connectivity index (χ2n) is 6.04. The molecule has 6 nitrogen and oxygen atoms in total. The van der Waals surface area contributed by atoms with E-state index in [-0.39, 0.29) is 11.6 Å². The lowest BCUT2D eigenvalue weighted by Crippen LogP contribution is -2.24. The third-order valence-corrected chi connectivity index (χ3v) is 4.16. The summed E-state index contributed by atoms with van der Waals surface area (Å²) in [6.07, 6.45) is 2.69. The number of anilines is 1. The first-order valence-electron chi connectivity index (χ1n) is 7.88. The number of hydrogen-bond donors (Lipinski definition) is 2. The number of aryl methyl sites for hydroxylation is 2. The van der Waals surface area contributed by atoms with Crippen LogP contribution in [0.4, 0.5) is 5.69 Å². The van der Waals surface area contributed by atoms with Crippen LogP contribution in [-0.2, 0) is 6.42 Å². The van der Waals surface area contributed by atoms with Crippen molar-refractivity contribution in [1.82, 2.24) is 19.9 Å². The molecule has 6 heteroatoms. The lowest BCUT2D eigenvalue weighted by Gasteiger charge is -2.12. The van der Waals surface area contributed by atoms with Gasteiger partial charge in [-0.25, -0.2) is 9.97 Å². The number of pyridine rings is 2. The third-order valence-electron chi connectivity index (χ3n) is 4.16. The summed E-state index contributed by atoms with van der Waals surface area (Å²) in [6, 6.07) is 5.59. The highest BCUT2D eigenvalue weighted by Gasteiger charge is 2.16. The molecular formula is C18H21N5O. The van der Waals surface area contributed by atoms with Gasteiger partial charge in [-0.05, 0) is 37.1 Å². The molecular weight excluding hydrogens is 302 g/mol. The first-order chi connectivity index (χ1) is 11.4. The van der Waals surface area contributed by atoms with Gasteiger partial charge in [0.2, 0.25) is 0 Å². The van der Waals surface area contributed by atoms with Crippen LogP contribution in [0.1, 0.15) is 28.7 Å². The fraction of sp³-hybridized carbons (Fsp3) is 0.278. The summed E-state index contributed by atoms with van der Waals surface area (Å²) in [7, 11) is 3.36. The van der Waals surface area contributed by atoms with Crippen LogP contribution in [0.2, 0.25) is 0 Å². The van der Waals surface area contributed by atoms with Crippen LogP contribution in [0, 0.1) is 6.92 Å². The number of rotatable bonds is 3. The zero-order valence-corrected chi connectivity index (χ0v) is 14.3. The highest BCUT2D eigenvalue weighted by Crippen LogP contribution is 2.27. The molecule has 3 heterocycles. The summed E-state index contributed by atoms with van der Waals surface area (Å²) in [5.41, 5.74) is 11.3. The highest BCUT2D eigenvalue weighted by atomic mass is 16.2. The summed E-state index contributed by atoms with van der Waals surface area (Å²) in [6.45, 7) is 4.17. The average molecular weight is 323 g/mol. The van der Waals surface area contributed by atoms with Crippen molar-refractivity contribution < 1.29 is 4.79 Å². The molecule has 3 N–H and O–H groups in total. The molecule has 0 saturated carbocycles. The third kappa shape index (κ3) is 2.60. The largest absolute Gasteiger partial charge is 0.397 e. The van der Waals surface area contributed by atoms with Crippen molar-refractivity contribution in [2.75, 3.05) is 19.8 Å². The van der Waals surface area contributed by atoms with Crippen LogP contribution in [0.5, 0.6) is 0 Å². The highest BCUT2D eigenvalue weighted by molar-refractivity contribution is 5.97. The van der Waals surface area contributed by atoms with E-state index in [1.54, 1.807) is 26.4 Å². The van der Waals surface area contributed by atoms with Crippen LogP contribution in [0.3, 0.4) is 0 Å². The Hall–Kier alpha value is -2.89. The van der Waals surface area contributed by atoms with Gasteiger partial charge in [-0.1, -0.05) is 6.92 Å². The SMILES string of the molecule is CCc1c(C)[nH]c2ncc(-c3ccc(N)c(C(=O)N(C)C)n3)cc12. The first-order valence-corrected chi connectivity index (χ1v) is 7.88. The molecule has 0 atom stereocenters. The van der Waals surface area contributed by atoms with E-state index in [2.05, 4.69) is 34.9 Å². The second kappa shape index (κ2) is 5.96. The van der Waals surface area contributed by atoms with Crippen molar-refractivity contribution in [3.8, 4) is 11.3 Å². The zero-order valence-electron chi connectivity index (χ0n) is 14.3. The van der Waals surface area contributed by atoms with Gasteiger partial charge >= 0.3 is 0 Å². The van der Waals surface area contributed by atoms with Crippen molar-refractivity contribution in [1.29, 1.82) is 0 Å². The van der Waals surface area contributed by atoms with E-state index in [1.165, 1.54) is 10.5 Å². The predicted octanol–water partition coefficient (Wildman–Crippen LogP) is 2.78. The van der Waals surface area contributed by atoms with Crippen LogP contribution in [0.25, 0.3) is 22.3 Å². The minimum atomic E-state index is -0.213. The van der Waals surface area contributed by atoms with Crippen LogP contribution in [0.15, 0.2) is 24.4 Å². The molecule has 3 aromatic rings. The van der Waals surface area contributed by atoms with Crippen molar-refractivity contribution in [3.05, 3.63) is 41.3 Å². The van der Waals surface area contributed by atoms with Gasteiger partial charge in [0.25, 0.3) is 5.91 Å². The number of aromatic nitrogens is 3. The lowest BCUT2D eigenvalue weighted by atomic mass is 10.1. The number of hydrogen-bond acceptors (Lipinski definition) is 4. The van der Waals surface area contributed by atoms with Crippen LogP contribution >= 0.6 is 0 Å². The van der Waals surface area contributed by atoms with Crippen LogP contribution < -0.4 is 5.73 Å². The number of nitrogen functional groups attached to an aromatic ring is 1. The van der Waals surface area contributed by atoms with Gasteiger partial charge in [-0.15, -0.1) is 0 Å². The molecule has 0 aromatic carbocycles. The summed E-state index contributed by atoms with van der Waals surface area (Å²) in [4.78, 5) is 26.0. The summed E-state index contributed by atoms with van der Waals surface area (Å²) in [5, 5.41) is 1.09. The fourth-order valence-corrected chi connectivity index (χ4v) is 2.86. The quantitative estimate of drug-likeness (QED) is 0.776. The number of carbonyl (C=O) groups excluding carboxylic acids is 1. The number of fused-ring (bicyclic) bond motifs is 1. The molecule has 0 aliphatic carbocycles. The minimum Gasteiger partial charge on any atom is -0.397 e. The Morgan fingerprint density at radius 2 is 2.08 bits per heavy atom. The first kappa shape index (κ1) is 16.0. The number of nitrogens with two attached hydrogens (primary N) is 1. The van der Waals surface area contributed by atoms with E-state index in [4.69, 9.17) is 5.73 Å². The van der Waals surface area contributed by atoms with Gasteiger partial charge in [-0.3, -0.25) is 4.79 Å². The maximum absolute atomic E-state index is 12.2. The average Bonchev–Trinajstić information content (AvgIpc) is 2.88. The van der Waals surface area contributed by atoms with Gasteiger partial charge in [0.05, 0.1) is 11.4 Å². The van der Waals surface area contributed by atoms with E-state index in [9.17, 15) is 4.79 Å². The molecule has 0 radical (unpaired) electrons. The number of H-pyrrole nitrogens is 1. The van der Waals surface area contributed by atoms with Crippen molar-refractivity contribution in [2.45, 2.75) is 20.3 Å². The lowest BCUT2D eigenvalue weighted by molar-refractivity contribution is 0.0823. The Kier molecular flexibility index (Phi) is 3.97. The van der Waals surface area contributed by atoms with Crippen LogP contribution in [-0.4, -0.2) is 39.9 Å². The second-order valence-corrected chi connectivity index (χ2v) is 6.04. The maximum Gasteiger partial charge on any atom is 0.274 e. The minimum absolute atomic E-state index is 0.213. The topological polar surface area (TPSA) is 87.9 Å². The van der Waals surface area contributed by atoms with E-state index in [0.717, 1.165) is 28.7 Å². The standard InChI is InChI=1S/C18H21N5O/c1-5-12-10(2)21-17-13(12)8-11(9-20-17)15-7-6-14(19)16(22-15)18(24)23(3)4/h6-9H,5,19H2,1-4H3,(H,20,21). The molecule has 0 saturated heterocycles. The van der Waals surface area contributed by atoms with Gasteiger partial charge < -0.3 is 15.6 Å². The van der Waals surface area contributed by atoms with Gasteiger partial charge in [0.1, 0.15) is 5.65 Å². The Bertz CT molecular complexity index is 927. The molecule has 0 fully saturated rings. The Labute approximate surface area is 140 Å². The smallest absolute Gasteiger partial charge is 0.274 e. The Balaban J connectivity index is 2.13. The van der Waals surface area contributed by atoms with Crippen molar-refractivity contribution >= 4 is 22.6 Å². The molecule has 24 heavy (non-hydrogen) atoms. The van der Waals surface area contributed by atoms with Gasteiger partial charge in [0.15, 0.2) is 5.69 Å². The molecule has 0 unspecified atom stereocenters. The van der Waals surface area contributed by atoms with Crippen molar-refractivity contribution in [3.63, 3.8) is 0 Å². The summed E-state index contributed by atoms with van der Waals surface area (Å²) >= 11 is 0. The number of aromatic amines is 1. The number of carbonyl (C=O) groups is 1. The molecule has 1 amide bonds. The van der Waals surface area contributed by atoms with E-state index >= 15 is 0 Å². The van der Waals surface area contributed by atoms with Gasteiger partial charge in [-0.2, -0.15) is 0 Å². The molecule has 0 spiro atoms. The van der Waals surface area contributed by atoms with Gasteiger partial charge in [0, 0.05) is 36.9 Å². The molecule has 0 bridgehead atoms. The van der Waals surface area contributed by atoms with E-state index in [0.29, 0.717) is 11.4 Å². The molecule has 0 aliphatic heterocycles. The number of nitrogens with zero attached hydrogens (tertiary/aromatic N) is 3. The maximum atomic E-state index is 12.2.